The third kappa shape index (κ3) is 4.57. The van der Waals surface area contributed by atoms with Gasteiger partial charge in [-0.15, -0.1) is 13.2 Å². The fourth-order valence-electron chi connectivity index (χ4n) is 4.10. The predicted molar refractivity (Wildman–Crippen MR) is 124 cm³/mol. The van der Waals surface area contributed by atoms with Gasteiger partial charge in [0.2, 0.25) is 0 Å². The van der Waals surface area contributed by atoms with Gasteiger partial charge in [0.15, 0.2) is 0 Å². The molecule has 3 aromatic rings. The van der Waals surface area contributed by atoms with Crippen LogP contribution in [0.3, 0.4) is 0 Å². The Balaban J connectivity index is 1.95. The van der Waals surface area contributed by atoms with Gasteiger partial charge in [0, 0.05) is 11.8 Å². The molecular weight excluding hydrogens is 479 g/mol. The van der Waals surface area contributed by atoms with E-state index in [9.17, 15) is 27.9 Å². The highest BCUT2D eigenvalue weighted by Gasteiger charge is 2.47. The Kier molecular flexibility index (Phi) is 6.61. The van der Waals surface area contributed by atoms with Crippen molar-refractivity contribution in [1.29, 1.82) is 0 Å². The van der Waals surface area contributed by atoms with E-state index in [4.69, 9.17) is 9.47 Å². The second-order valence-corrected chi connectivity index (χ2v) is 7.66. The fraction of sp³-hybridized carbons (Fsp3) is 0.154. The maximum absolute atomic E-state index is 13.3. The molecule has 1 atom stereocenters. The molecule has 10 heteroatoms. The normalized spacial score (nSPS) is 17.2. The van der Waals surface area contributed by atoms with E-state index in [1.165, 1.54) is 26.4 Å². The first-order chi connectivity index (χ1) is 17.2. The number of halogens is 3. The van der Waals surface area contributed by atoms with E-state index in [0.29, 0.717) is 5.56 Å². The highest BCUT2D eigenvalue weighted by atomic mass is 19.4. The quantitative estimate of drug-likeness (QED) is 0.284. The lowest BCUT2D eigenvalue weighted by Gasteiger charge is -2.26. The molecule has 36 heavy (non-hydrogen) atoms. The van der Waals surface area contributed by atoms with E-state index in [0.717, 1.165) is 17.0 Å². The van der Waals surface area contributed by atoms with Gasteiger partial charge in [0.1, 0.15) is 28.6 Å². The first-order valence-corrected chi connectivity index (χ1v) is 10.6. The summed E-state index contributed by atoms with van der Waals surface area (Å²) in [6, 6.07) is 16.6. The molecule has 0 radical (unpaired) electrons. The standard InChI is InChI=1S/C26H20F3NO6/c1-34-18-12-7-13-19(35-2)20(18)23(31)21-22(15-8-4-3-5-9-15)30(25(33)24(21)32)16-10-6-11-17(14-16)36-26(27,28)29/h3-14,22,31H,1-2H3/b23-21+. The minimum atomic E-state index is -4.95. The molecule has 1 heterocycles. The predicted octanol–water partition coefficient (Wildman–Crippen LogP) is 5.23. The lowest BCUT2D eigenvalue weighted by atomic mass is 9.94. The Morgan fingerprint density at radius 3 is 2.08 bits per heavy atom. The molecule has 0 aromatic heterocycles. The van der Waals surface area contributed by atoms with Crippen LogP contribution in [0.15, 0.2) is 78.4 Å². The summed E-state index contributed by atoms with van der Waals surface area (Å²) in [6.07, 6.45) is -4.95. The number of ketones is 1. The van der Waals surface area contributed by atoms with Gasteiger partial charge < -0.3 is 19.3 Å². The van der Waals surface area contributed by atoms with E-state index < -0.39 is 35.6 Å². The summed E-state index contributed by atoms with van der Waals surface area (Å²) in [4.78, 5) is 27.6. The summed E-state index contributed by atoms with van der Waals surface area (Å²) in [5.41, 5.74) is 0.180. The van der Waals surface area contributed by atoms with Crippen LogP contribution in [0.4, 0.5) is 18.9 Å². The molecule has 7 nitrogen and oxygen atoms in total. The maximum atomic E-state index is 13.3. The number of aliphatic hydroxyl groups is 1. The van der Waals surface area contributed by atoms with Gasteiger partial charge in [-0.3, -0.25) is 14.5 Å². The van der Waals surface area contributed by atoms with E-state index in [-0.39, 0.29) is 28.3 Å². The lowest BCUT2D eigenvalue weighted by molar-refractivity contribution is -0.274. The monoisotopic (exact) mass is 499 g/mol. The first-order valence-electron chi connectivity index (χ1n) is 10.6. The van der Waals surface area contributed by atoms with E-state index in [1.54, 1.807) is 48.5 Å². The van der Waals surface area contributed by atoms with Gasteiger partial charge in [0.05, 0.1) is 25.8 Å². The van der Waals surface area contributed by atoms with Crippen LogP contribution in [0, 0.1) is 0 Å². The molecular formula is C26H20F3NO6. The number of ether oxygens (including phenoxy) is 3. The van der Waals surface area contributed by atoms with Crippen molar-refractivity contribution < 1.29 is 42.1 Å². The van der Waals surface area contributed by atoms with Gasteiger partial charge >= 0.3 is 6.36 Å². The van der Waals surface area contributed by atoms with Crippen molar-refractivity contribution in [2.75, 3.05) is 19.1 Å². The average Bonchev–Trinajstić information content (AvgIpc) is 3.13. The topological polar surface area (TPSA) is 85.3 Å². The van der Waals surface area contributed by atoms with Crippen LogP contribution < -0.4 is 19.1 Å². The molecule has 1 fully saturated rings. The van der Waals surface area contributed by atoms with Gasteiger partial charge in [-0.1, -0.05) is 42.5 Å². The van der Waals surface area contributed by atoms with Crippen LogP contribution in [0.1, 0.15) is 17.2 Å². The van der Waals surface area contributed by atoms with Crippen molar-refractivity contribution >= 4 is 23.1 Å². The molecule has 0 spiro atoms. The number of carbonyl (C=O) groups is 2. The minimum Gasteiger partial charge on any atom is -0.506 e. The summed E-state index contributed by atoms with van der Waals surface area (Å²) in [5, 5.41) is 11.4. The molecule has 1 N–H and O–H groups in total. The number of benzene rings is 3. The summed E-state index contributed by atoms with van der Waals surface area (Å²) < 4.78 is 53.1. The molecule has 1 aliphatic heterocycles. The Bertz CT molecular complexity index is 1310. The molecule has 1 saturated heterocycles. The number of anilines is 1. The SMILES string of the molecule is COc1cccc(OC)c1/C(O)=C1\C(=O)C(=O)N(c2cccc(OC(F)(F)F)c2)C1c1ccccc1. The van der Waals surface area contributed by atoms with Crippen LogP contribution in [-0.2, 0) is 9.59 Å². The van der Waals surface area contributed by atoms with Crippen molar-refractivity contribution in [2.45, 2.75) is 12.4 Å². The summed E-state index contributed by atoms with van der Waals surface area (Å²) in [6.45, 7) is 0. The van der Waals surface area contributed by atoms with Gasteiger partial charge in [0.25, 0.3) is 11.7 Å². The third-order valence-electron chi connectivity index (χ3n) is 5.55. The Labute approximate surface area is 203 Å². The lowest BCUT2D eigenvalue weighted by Crippen LogP contribution is -2.29. The average molecular weight is 499 g/mol. The summed E-state index contributed by atoms with van der Waals surface area (Å²) in [5.74, 6) is -2.82. The zero-order valence-corrected chi connectivity index (χ0v) is 19.1. The number of Topliss-reactive ketones (excluding diaryl/α,β-unsaturated/α-hetero) is 1. The molecule has 1 aliphatic rings. The number of carbonyl (C=O) groups excluding carboxylic acids is 2. The zero-order chi connectivity index (χ0) is 26.0. The van der Waals surface area contributed by atoms with Gasteiger partial charge in [-0.2, -0.15) is 0 Å². The van der Waals surface area contributed by atoms with E-state index in [2.05, 4.69) is 4.74 Å². The number of alkyl halides is 3. The second kappa shape index (κ2) is 9.65. The number of methoxy groups -OCH3 is 2. The van der Waals surface area contributed by atoms with Crippen LogP contribution in [0.5, 0.6) is 17.2 Å². The number of amides is 1. The van der Waals surface area contributed by atoms with Crippen LogP contribution in [-0.4, -0.2) is 37.4 Å². The Morgan fingerprint density at radius 1 is 0.889 bits per heavy atom. The maximum Gasteiger partial charge on any atom is 0.573 e. The molecule has 0 bridgehead atoms. The molecule has 3 aromatic carbocycles. The summed E-state index contributed by atoms with van der Waals surface area (Å²) >= 11 is 0. The summed E-state index contributed by atoms with van der Waals surface area (Å²) in [7, 11) is 2.73. The first kappa shape index (κ1) is 24.6. The molecule has 1 unspecified atom stereocenters. The zero-order valence-electron chi connectivity index (χ0n) is 19.1. The van der Waals surface area contributed by atoms with Crippen molar-refractivity contribution in [1.82, 2.24) is 0 Å². The number of rotatable bonds is 6. The van der Waals surface area contributed by atoms with Crippen molar-refractivity contribution in [3.05, 3.63) is 89.5 Å². The molecule has 0 aliphatic carbocycles. The van der Waals surface area contributed by atoms with Crippen molar-refractivity contribution in [2.24, 2.45) is 0 Å². The number of hydrogen-bond acceptors (Lipinski definition) is 6. The highest BCUT2D eigenvalue weighted by Crippen LogP contribution is 2.45. The second-order valence-electron chi connectivity index (χ2n) is 7.66. The van der Waals surface area contributed by atoms with E-state index >= 15 is 0 Å². The van der Waals surface area contributed by atoms with Crippen LogP contribution >= 0.6 is 0 Å². The molecule has 4 rings (SSSR count). The molecule has 1 amide bonds. The minimum absolute atomic E-state index is 0.0289. The highest BCUT2D eigenvalue weighted by molar-refractivity contribution is 6.51. The molecule has 0 saturated carbocycles. The van der Waals surface area contributed by atoms with Gasteiger partial charge in [-0.05, 0) is 29.8 Å². The Morgan fingerprint density at radius 2 is 1.50 bits per heavy atom. The fourth-order valence-corrected chi connectivity index (χ4v) is 4.10. The van der Waals surface area contributed by atoms with Crippen molar-refractivity contribution in [3.63, 3.8) is 0 Å². The number of hydrogen-bond donors (Lipinski definition) is 1. The number of nitrogens with zero attached hydrogens (tertiary/aromatic N) is 1. The molecule has 186 valence electrons. The largest absolute Gasteiger partial charge is 0.573 e. The smallest absolute Gasteiger partial charge is 0.506 e. The number of aliphatic hydroxyl groups excluding tert-OH is 1. The third-order valence-corrected chi connectivity index (χ3v) is 5.55. The van der Waals surface area contributed by atoms with Crippen LogP contribution in [0.2, 0.25) is 0 Å². The van der Waals surface area contributed by atoms with Gasteiger partial charge in [-0.25, -0.2) is 0 Å². The van der Waals surface area contributed by atoms with Crippen molar-refractivity contribution in [3.8, 4) is 17.2 Å². The Hall–Kier alpha value is -4.47. The van der Waals surface area contributed by atoms with E-state index in [1.807, 2.05) is 0 Å². The van der Waals surface area contributed by atoms with Crippen LogP contribution in [0.25, 0.3) is 5.76 Å².